The molecular weight excluding hydrogens is 326 g/mol. The minimum absolute atomic E-state index is 0.0395. The third-order valence-electron chi connectivity index (χ3n) is 5.23. The predicted octanol–water partition coefficient (Wildman–Crippen LogP) is 4.01. The van der Waals surface area contributed by atoms with Gasteiger partial charge >= 0.3 is 6.03 Å². The first-order valence-corrected chi connectivity index (χ1v) is 9.41. The van der Waals surface area contributed by atoms with Crippen molar-refractivity contribution in [1.82, 2.24) is 19.7 Å². The summed E-state index contributed by atoms with van der Waals surface area (Å²) in [6, 6.07) is 7.58. The molecule has 1 aliphatic rings. The number of hydrogen-bond acceptors (Lipinski definition) is 3. The summed E-state index contributed by atoms with van der Waals surface area (Å²) in [5.41, 5.74) is 1.21. The third-order valence-corrected chi connectivity index (χ3v) is 5.23. The van der Waals surface area contributed by atoms with Crippen LogP contribution >= 0.6 is 0 Å². The average Bonchev–Trinajstić information content (AvgIpc) is 2.87. The lowest BCUT2D eigenvalue weighted by Crippen LogP contribution is -2.36. The number of hydrogen-bond donors (Lipinski definition) is 1. The Hall–Kier alpha value is -2.37. The zero-order valence-corrected chi connectivity index (χ0v) is 16.0. The van der Waals surface area contributed by atoms with E-state index >= 15 is 0 Å². The summed E-state index contributed by atoms with van der Waals surface area (Å²) in [6.07, 6.45) is 6.77. The lowest BCUT2D eigenvalue weighted by molar-refractivity contribution is 0.200. The van der Waals surface area contributed by atoms with Crippen molar-refractivity contribution in [1.29, 1.82) is 0 Å². The smallest absolute Gasteiger partial charge is 0.322 e. The van der Waals surface area contributed by atoms with Crippen molar-refractivity contribution >= 4 is 11.8 Å². The van der Waals surface area contributed by atoms with E-state index in [-0.39, 0.29) is 6.03 Å². The van der Waals surface area contributed by atoms with Gasteiger partial charge < -0.3 is 4.90 Å². The first-order chi connectivity index (χ1) is 12.4. The number of likely N-dealkylation sites (tertiary alicyclic amines) is 1. The first-order valence-electron chi connectivity index (χ1n) is 9.41. The fourth-order valence-corrected chi connectivity index (χ4v) is 3.56. The minimum Gasteiger partial charge on any atom is -0.324 e. The van der Waals surface area contributed by atoms with Gasteiger partial charge in [-0.15, -0.1) is 0 Å². The number of nitrogens with one attached hydrogen (secondary N) is 1. The molecule has 1 fully saturated rings. The van der Waals surface area contributed by atoms with Crippen LogP contribution in [-0.4, -0.2) is 38.8 Å². The van der Waals surface area contributed by atoms with Crippen LogP contribution in [0.1, 0.15) is 45.7 Å². The molecule has 0 aliphatic carbocycles. The molecule has 1 saturated heterocycles. The van der Waals surface area contributed by atoms with Crippen LogP contribution in [0.15, 0.2) is 36.7 Å². The van der Waals surface area contributed by atoms with Gasteiger partial charge in [0.1, 0.15) is 5.82 Å². The van der Waals surface area contributed by atoms with E-state index < -0.39 is 0 Å². The number of pyridine rings is 1. The number of amides is 2. The number of carbonyl (C=O) groups is 1. The maximum Gasteiger partial charge on any atom is 0.322 e. The molecule has 0 saturated carbocycles. The maximum absolute atomic E-state index is 12.7. The SMILES string of the molecule is CC(C)(C)C1CCCN(C(=O)Nc2ccnn2Cc2ccccn2)CC1. The molecule has 0 bridgehead atoms. The lowest BCUT2D eigenvalue weighted by atomic mass is 9.77. The van der Waals surface area contributed by atoms with Crippen molar-refractivity contribution in [3.63, 3.8) is 0 Å². The van der Waals surface area contributed by atoms with Gasteiger partial charge in [-0.05, 0) is 42.7 Å². The Balaban J connectivity index is 1.61. The van der Waals surface area contributed by atoms with Crippen LogP contribution in [0.5, 0.6) is 0 Å². The largest absolute Gasteiger partial charge is 0.324 e. The molecule has 2 amide bonds. The summed E-state index contributed by atoms with van der Waals surface area (Å²) in [5.74, 6) is 1.37. The standard InChI is InChI=1S/C20H29N5O/c1-20(2,3)16-7-6-13-24(14-10-16)19(26)23-18-9-12-22-25(18)15-17-8-4-5-11-21-17/h4-5,8-9,11-12,16H,6-7,10,13-15H2,1-3H3,(H,23,26). The minimum atomic E-state index is -0.0395. The molecule has 6 nitrogen and oxygen atoms in total. The summed E-state index contributed by atoms with van der Waals surface area (Å²) in [7, 11) is 0. The van der Waals surface area contributed by atoms with Crippen LogP contribution in [0.25, 0.3) is 0 Å². The molecule has 1 unspecified atom stereocenters. The summed E-state index contributed by atoms with van der Waals surface area (Å²) in [4.78, 5) is 19.0. The lowest BCUT2D eigenvalue weighted by Gasteiger charge is -2.29. The Morgan fingerprint density at radius 3 is 2.77 bits per heavy atom. The number of anilines is 1. The maximum atomic E-state index is 12.7. The van der Waals surface area contributed by atoms with Gasteiger partial charge in [-0.2, -0.15) is 5.10 Å². The molecule has 1 aliphatic heterocycles. The van der Waals surface area contributed by atoms with E-state index in [1.807, 2.05) is 29.2 Å². The van der Waals surface area contributed by atoms with Crippen LogP contribution in [-0.2, 0) is 6.54 Å². The molecule has 2 aromatic heterocycles. The predicted molar refractivity (Wildman–Crippen MR) is 103 cm³/mol. The highest BCUT2D eigenvalue weighted by atomic mass is 16.2. The molecule has 6 heteroatoms. The van der Waals surface area contributed by atoms with E-state index in [2.05, 4.69) is 36.2 Å². The first kappa shape index (κ1) is 18.4. The molecular formula is C20H29N5O. The monoisotopic (exact) mass is 355 g/mol. The fourth-order valence-electron chi connectivity index (χ4n) is 3.56. The van der Waals surface area contributed by atoms with Crippen LogP contribution in [0.2, 0.25) is 0 Å². The van der Waals surface area contributed by atoms with Gasteiger partial charge in [-0.3, -0.25) is 10.3 Å². The molecule has 3 heterocycles. The molecule has 3 rings (SSSR count). The van der Waals surface area contributed by atoms with Crippen molar-refractivity contribution in [2.75, 3.05) is 18.4 Å². The van der Waals surface area contributed by atoms with E-state index in [1.54, 1.807) is 17.1 Å². The van der Waals surface area contributed by atoms with Gasteiger partial charge in [-0.25, -0.2) is 9.48 Å². The normalized spacial score (nSPS) is 18.4. The number of aromatic nitrogens is 3. The van der Waals surface area contributed by atoms with Crippen molar-refractivity contribution in [2.45, 2.75) is 46.6 Å². The number of urea groups is 1. The van der Waals surface area contributed by atoms with E-state index in [9.17, 15) is 4.79 Å². The Bertz CT molecular complexity index is 719. The quantitative estimate of drug-likeness (QED) is 0.905. The molecule has 0 aromatic carbocycles. The van der Waals surface area contributed by atoms with Gasteiger partial charge in [0.05, 0.1) is 18.4 Å². The van der Waals surface area contributed by atoms with Gasteiger partial charge in [0.15, 0.2) is 0 Å². The van der Waals surface area contributed by atoms with Gasteiger partial charge in [-0.1, -0.05) is 26.8 Å². The summed E-state index contributed by atoms with van der Waals surface area (Å²) >= 11 is 0. The van der Waals surface area contributed by atoms with Crippen molar-refractivity contribution in [2.24, 2.45) is 11.3 Å². The van der Waals surface area contributed by atoms with Crippen molar-refractivity contribution < 1.29 is 4.79 Å². The Morgan fingerprint density at radius 1 is 1.19 bits per heavy atom. The second-order valence-corrected chi connectivity index (χ2v) is 8.11. The van der Waals surface area contributed by atoms with Crippen LogP contribution in [0.4, 0.5) is 10.6 Å². The van der Waals surface area contributed by atoms with Gasteiger partial charge in [0.25, 0.3) is 0 Å². The highest BCUT2D eigenvalue weighted by Gasteiger charge is 2.28. The summed E-state index contributed by atoms with van der Waals surface area (Å²) in [6.45, 7) is 9.04. The molecule has 1 atom stereocenters. The number of rotatable bonds is 3. The Labute approximate surface area is 155 Å². The Kier molecular flexibility index (Phi) is 5.59. The molecule has 0 spiro atoms. The van der Waals surface area contributed by atoms with Crippen molar-refractivity contribution in [3.8, 4) is 0 Å². The zero-order chi connectivity index (χ0) is 18.6. The van der Waals surface area contributed by atoms with Crippen molar-refractivity contribution in [3.05, 3.63) is 42.4 Å². The summed E-state index contributed by atoms with van der Waals surface area (Å²) in [5, 5.41) is 7.34. The second kappa shape index (κ2) is 7.89. The fraction of sp³-hybridized carbons (Fsp3) is 0.550. The third kappa shape index (κ3) is 4.62. The van der Waals surface area contributed by atoms with E-state index in [0.29, 0.717) is 23.7 Å². The topological polar surface area (TPSA) is 63.1 Å². The molecule has 26 heavy (non-hydrogen) atoms. The molecule has 140 valence electrons. The van der Waals surface area contributed by atoms with Gasteiger partial charge in [0, 0.05) is 25.4 Å². The zero-order valence-electron chi connectivity index (χ0n) is 16.0. The Morgan fingerprint density at radius 2 is 2.04 bits per heavy atom. The summed E-state index contributed by atoms with van der Waals surface area (Å²) < 4.78 is 1.77. The van der Waals surface area contributed by atoms with Crippen LogP contribution in [0.3, 0.4) is 0 Å². The number of nitrogens with zero attached hydrogens (tertiary/aromatic N) is 4. The van der Waals surface area contributed by atoms with E-state index in [4.69, 9.17) is 0 Å². The molecule has 0 radical (unpaired) electrons. The van der Waals surface area contributed by atoms with Crippen LogP contribution in [0, 0.1) is 11.3 Å². The van der Waals surface area contributed by atoms with Crippen LogP contribution < -0.4 is 5.32 Å². The highest BCUT2D eigenvalue weighted by Crippen LogP contribution is 2.34. The second-order valence-electron chi connectivity index (χ2n) is 8.11. The average molecular weight is 355 g/mol. The number of carbonyl (C=O) groups excluding carboxylic acids is 1. The van der Waals surface area contributed by atoms with Gasteiger partial charge in [0.2, 0.25) is 0 Å². The highest BCUT2D eigenvalue weighted by molar-refractivity contribution is 5.88. The van der Waals surface area contributed by atoms with E-state index in [1.165, 1.54) is 6.42 Å². The molecule has 2 aromatic rings. The molecule has 1 N–H and O–H groups in total. The van der Waals surface area contributed by atoms with E-state index in [0.717, 1.165) is 31.6 Å².